The summed E-state index contributed by atoms with van der Waals surface area (Å²) < 4.78 is 1.82. The highest BCUT2D eigenvalue weighted by Gasteiger charge is 2.53. The minimum atomic E-state index is -0.0674. The van der Waals surface area contributed by atoms with Crippen molar-refractivity contribution in [3.8, 4) is 0 Å². The minimum absolute atomic E-state index is 0.0674. The molecule has 0 unspecified atom stereocenters. The zero-order valence-electron chi connectivity index (χ0n) is 18.6. The first-order valence-electron chi connectivity index (χ1n) is 11.7. The van der Waals surface area contributed by atoms with Crippen LogP contribution in [0, 0.1) is 23.2 Å². The number of hydrogen-bond acceptors (Lipinski definition) is 4. The average Bonchev–Trinajstić information content (AvgIpc) is 3.20. The molecule has 4 aliphatic rings. The summed E-state index contributed by atoms with van der Waals surface area (Å²) >= 11 is 0. The van der Waals surface area contributed by atoms with Crippen LogP contribution in [0.5, 0.6) is 0 Å². The Hall–Kier alpha value is -2.41. The van der Waals surface area contributed by atoms with Crippen molar-refractivity contribution < 1.29 is 9.59 Å². The lowest BCUT2D eigenvalue weighted by Gasteiger charge is -2.60. The molecule has 3 atom stereocenters. The van der Waals surface area contributed by atoms with Gasteiger partial charge >= 0.3 is 0 Å². The fourth-order valence-electron chi connectivity index (χ4n) is 6.03. The summed E-state index contributed by atoms with van der Waals surface area (Å²) in [6, 6.07) is 5.57. The Bertz CT molecular complexity index is 989. The third-order valence-corrected chi connectivity index (χ3v) is 8.10. The molecule has 2 aromatic rings. The van der Waals surface area contributed by atoms with Crippen LogP contribution in [0.4, 0.5) is 0 Å². The quantitative estimate of drug-likeness (QED) is 0.772. The number of imidazole rings is 1. The van der Waals surface area contributed by atoms with Crippen LogP contribution in [0.3, 0.4) is 0 Å². The van der Waals surface area contributed by atoms with Crippen LogP contribution in [0.2, 0.25) is 0 Å². The maximum absolute atomic E-state index is 13.0. The molecule has 4 fully saturated rings. The van der Waals surface area contributed by atoms with Crippen LogP contribution in [0.15, 0.2) is 24.4 Å². The van der Waals surface area contributed by atoms with Crippen LogP contribution in [0.1, 0.15) is 49.3 Å². The molecule has 0 spiro atoms. The molecule has 3 saturated carbocycles. The molecule has 3 aliphatic carbocycles. The predicted octanol–water partition coefficient (Wildman–Crippen LogP) is 2.11. The smallest absolute Gasteiger partial charge is 0.268 e. The molecule has 0 aromatic carbocycles. The van der Waals surface area contributed by atoms with E-state index < -0.39 is 0 Å². The number of nitrogens with zero attached hydrogens (tertiary/aromatic N) is 3. The standard InChI is InChI=1S/C24H33N5O2/c1-24(2)17-7-6-16(19(24)12-17)14-26-23(31)20-4-3-5-21-27-18(15-29(20)21)13-22(30)28-10-8-25-9-11-28/h3-5,15-17,19,25H,6-14H2,1-2H3,(H,26,31)/t16-,17+,19+/m0/s1. The maximum Gasteiger partial charge on any atom is 0.268 e. The van der Waals surface area contributed by atoms with Gasteiger partial charge in [-0.25, -0.2) is 4.98 Å². The second-order valence-corrected chi connectivity index (χ2v) is 10.1. The van der Waals surface area contributed by atoms with E-state index in [0.29, 0.717) is 28.4 Å². The molecule has 1 aliphatic heterocycles. The highest BCUT2D eigenvalue weighted by molar-refractivity contribution is 5.93. The third kappa shape index (κ3) is 3.73. The Morgan fingerprint density at radius 2 is 2.03 bits per heavy atom. The fourth-order valence-corrected chi connectivity index (χ4v) is 6.03. The number of amides is 2. The SMILES string of the molecule is CC1(C)[C@@H]2CC[C@@H](CNC(=O)c3cccc4nc(CC(=O)N5CCNCC5)cn34)[C@H]1C2. The van der Waals surface area contributed by atoms with Crippen LogP contribution < -0.4 is 10.6 Å². The van der Waals surface area contributed by atoms with E-state index in [1.54, 1.807) is 0 Å². The van der Waals surface area contributed by atoms with Gasteiger partial charge in [0.05, 0.1) is 12.1 Å². The van der Waals surface area contributed by atoms with Gasteiger partial charge < -0.3 is 15.5 Å². The van der Waals surface area contributed by atoms with E-state index in [1.807, 2.05) is 33.7 Å². The summed E-state index contributed by atoms with van der Waals surface area (Å²) in [5.74, 6) is 2.18. The van der Waals surface area contributed by atoms with Crippen molar-refractivity contribution in [3.63, 3.8) is 0 Å². The molecule has 1 saturated heterocycles. The van der Waals surface area contributed by atoms with Crippen molar-refractivity contribution in [3.05, 3.63) is 35.8 Å². The van der Waals surface area contributed by atoms with E-state index in [2.05, 4.69) is 29.5 Å². The fraction of sp³-hybridized carbons (Fsp3) is 0.625. The number of carbonyl (C=O) groups excluding carboxylic acids is 2. The molecule has 31 heavy (non-hydrogen) atoms. The molecule has 166 valence electrons. The molecule has 7 heteroatoms. The molecule has 2 N–H and O–H groups in total. The van der Waals surface area contributed by atoms with Crippen molar-refractivity contribution in [2.75, 3.05) is 32.7 Å². The molecule has 7 nitrogen and oxygen atoms in total. The molecule has 2 bridgehead atoms. The summed E-state index contributed by atoms with van der Waals surface area (Å²) in [6.45, 7) is 8.64. The molecule has 2 aromatic heterocycles. The van der Waals surface area contributed by atoms with E-state index >= 15 is 0 Å². The first-order chi connectivity index (χ1) is 14.9. The van der Waals surface area contributed by atoms with E-state index in [1.165, 1.54) is 19.3 Å². The zero-order valence-corrected chi connectivity index (χ0v) is 18.6. The maximum atomic E-state index is 13.0. The molecule has 3 heterocycles. The summed E-state index contributed by atoms with van der Waals surface area (Å²) in [5.41, 5.74) is 2.41. The van der Waals surface area contributed by atoms with Crippen LogP contribution in [-0.2, 0) is 11.2 Å². The highest BCUT2D eigenvalue weighted by Crippen LogP contribution is 2.61. The average molecular weight is 424 g/mol. The van der Waals surface area contributed by atoms with Gasteiger partial charge in [-0.3, -0.25) is 14.0 Å². The second kappa shape index (κ2) is 7.93. The summed E-state index contributed by atoms with van der Waals surface area (Å²) in [7, 11) is 0. The van der Waals surface area contributed by atoms with Crippen molar-refractivity contribution in [2.45, 2.75) is 39.5 Å². The lowest BCUT2D eigenvalue weighted by molar-refractivity contribution is -0.131. The number of fused-ring (bicyclic) bond motifs is 3. The van der Waals surface area contributed by atoms with E-state index in [9.17, 15) is 9.59 Å². The van der Waals surface area contributed by atoms with Crippen molar-refractivity contribution in [1.82, 2.24) is 24.9 Å². The van der Waals surface area contributed by atoms with Gasteiger partial charge in [-0.2, -0.15) is 0 Å². The van der Waals surface area contributed by atoms with Gasteiger partial charge in [0, 0.05) is 38.9 Å². The second-order valence-electron chi connectivity index (χ2n) is 10.1. The normalized spacial score (nSPS) is 27.0. The van der Waals surface area contributed by atoms with E-state index in [-0.39, 0.29) is 18.2 Å². The predicted molar refractivity (Wildman–Crippen MR) is 119 cm³/mol. The monoisotopic (exact) mass is 423 g/mol. The first-order valence-corrected chi connectivity index (χ1v) is 11.7. The summed E-state index contributed by atoms with van der Waals surface area (Å²) in [4.78, 5) is 32.1. The topological polar surface area (TPSA) is 78.7 Å². The van der Waals surface area contributed by atoms with Crippen molar-refractivity contribution >= 4 is 17.5 Å². The van der Waals surface area contributed by atoms with Crippen LogP contribution >= 0.6 is 0 Å². The third-order valence-electron chi connectivity index (χ3n) is 8.10. The Morgan fingerprint density at radius 3 is 2.77 bits per heavy atom. The lowest BCUT2D eigenvalue weighted by Crippen LogP contribution is -2.54. The van der Waals surface area contributed by atoms with Gasteiger partial charge in [-0.15, -0.1) is 0 Å². The molecule has 2 amide bonds. The number of nitrogens with one attached hydrogen (secondary N) is 2. The highest BCUT2D eigenvalue weighted by atomic mass is 16.2. The van der Waals surface area contributed by atoms with Crippen LogP contribution in [0.25, 0.3) is 5.65 Å². The minimum Gasteiger partial charge on any atom is -0.350 e. The van der Waals surface area contributed by atoms with Gasteiger partial charge in [0.1, 0.15) is 11.3 Å². The number of aromatic nitrogens is 2. The van der Waals surface area contributed by atoms with Gasteiger partial charge in [0.15, 0.2) is 0 Å². The molecule has 6 rings (SSSR count). The number of carbonyl (C=O) groups is 2. The number of pyridine rings is 1. The van der Waals surface area contributed by atoms with Gasteiger partial charge in [0.2, 0.25) is 5.91 Å². The number of hydrogen-bond donors (Lipinski definition) is 2. The Morgan fingerprint density at radius 1 is 1.23 bits per heavy atom. The Labute approximate surface area is 183 Å². The van der Waals surface area contributed by atoms with Gasteiger partial charge in [0.25, 0.3) is 5.91 Å². The summed E-state index contributed by atoms with van der Waals surface area (Å²) in [6.07, 6.45) is 5.92. The van der Waals surface area contributed by atoms with Crippen molar-refractivity contribution in [2.24, 2.45) is 23.2 Å². The summed E-state index contributed by atoms with van der Waals surface area (Å²) in [5, 5.41) is 6.45. The zero-order chi connectivity index (χ0) is 21.6. The van der Waals surface area contributed by atoms with Gasteiger partial charge in [-0.1, -0.05) is 19.9 Å². The van der Waals surface area contributed by atoms with E-state index in [4.69, 9.17) is 0 Å². The largest absolute Gasteiger partial charge is 0.350 e. The first kappa shape index (κ1) is 20.5. The molecular formula is C24H33N5O2. The molecular weight excluding hydrogens is 390 g/mol. The number of rotatable bonds is 5. The molecule has 0 radical (unpaired) electrons. The van der Waals surface area contributed by atoms with Crippen LogP contribution in [-0.4, -0.2) is 58.8 Å². The van der Waals surface area contributed by atoms with Crippen molar-refractivity contribution in [1.29, 1.82) is 0 Å². The van der Waals surface area contributed by atoms with Gasteiger partial charge in [-0.05, 0) is 54.6 Å². The number of piperazine rings is 1. The Balaban J connectivity index is 1.26. The van der Waals surface area contributed by atoms with E-state index in [0.717, 1.165) is 44.6 Å². The Kier molecular flexibility index (Phi) is 5.24. The lowest BCUT2D eigenvalue weighted by atomic mass is 9.45.